The highest BCUT2D eigenvalue weighted by Gasteiger charge is 2.12. The fourth-order valence-electron chi connectivity index (χ4n) is 1.56. The molecule has 0 atom stereocenters. The average Bonchev–Trinajstić information content (AvgIpc) is 2.67. The van der Waals surface area contributed by atoms with Crippen LogP contribution in [0.25, 0.3) is 0 Å². The van der Waals surface area contributed by atoms with Crippen LogP contribution in [0.5, 0.6) is 0 Å². The maximum absolute atomic E-state index is 10.8. The monoisotopic (exact) mass is 295 g/mol. The summed E-state index contributed by atoms with van der Waals surface area (Å²) < 4.78 is 2.43. The van der Waals surface area contributed by atoms with Crippen molar-refractivity contribution in [2.45, 2.75) is 13.5 Å². The van der Waals surface area contributed by atoms with Gasteiger partial charge in [0.15, 0.2) is 0 Å². The molecule has 6 heteroatoms. The molecule has 0 aliphatic rings. The first-order chi connectivity index (χ1) is 8.08. The third-order valence-electron chi connectivity index (χ3n) is 2.48. The van der Waals surface area contributed by atoms with Crippen LogP contribution in [0.3, 0.4) is 0 Å². The van der Waals surface area contributed by atoms with Crippen molar-refractivity contribution in [3.8, 4) is 0 Å². The molecule has 88 valence electrons. The molecule has 17 heavy (non-hydrogen) atoms. The van der Waals surface area contributed by atoms with E-state index in [9.17, 15) is 10.1 Å². The summed E-state index contributed by atoms with van der Waals surface area (Å²) in [4.78, 5) is 14.5. The summed E-state index contributed by atoms with van der Waals surface area (Å²) in [6, 6.07) is 5.12. The largest absolute Gasteiger partial charge is 0.331 e. The van der Waals surface area contributed by atoms with Crippen molar-refractivity contribution >= 4 is 21.6 Å². The molecule has 0 N–H and O–H groups in total. The molecule has 2 rings (SSSR count). The van der Waals surface area contributed by atoms with Crippen LogP contribution in [0.4, 0.5) is 5.69 Å². The molecule has 0 saturated carbocycles. The number of aromatic nitrogens is 2. The zero-order valence-corrected chi connectivity index (χ0v) is 10.7. The Bertz CT molecular complexity index is 566. The molecule has 0 bridgehead atoms. The molecule has 1 aromatic heterocycles. The predicted octanol–water partition coefficient (Wildman–Crippen LogP) is 2.91. The SMILES string of the molecule is Cc1nccn1Cc1ccc(Br)c([N+](=O)[O-])c1. The minimum absolute atomic E-state index is 0.0836. The quantitative estimate of drug-likeness (QED) is 0.646. The molecule has 2 aromatic rings. The number of aryl methyl sites for hydroxylation is 1. The molecule has 1 heterocycles. The second-order valence-corrected chi connectivity index (χ2v) is 4.50. The number of nitro groups is 1. The molecule has 0 unspecified atom stereocenters. The van der Waals surface area contributed by atoms with E-state index < -0.39 is 4.92 Å². The van der Waals surface area contributed by atoms with Crippen LogP contribution in [0, 0.1) is 17.0 Å². The highest BCUT2D eigenvalue weighted by Crippen LogP contribution is 2.26. The van der Waals surface area contributed by atoms with Gasteiger partial charge in [-0.3, -0.25) is 10.1 Å². The van der Waals surface area contributed by atoms with Gasteiger partial charge in [0.2, 0.25) is 0 Å². The second-order valence-electron chi connectivity index (χ2n) is 3.65. The fraction of sp³-hybridized carbons (Fsp3) is 0.182. The Kier molecular flexibility index (Phi) is 3.23. The van der Waals surface area contributed by atoms with Crippen molar-refractivity contribution in [3.63, 3.8) is 0 Å². The Morgan fingerprint density at radius 2 is 2.29 bits per heavy atom. The van der Waals surface area contributed by atoms with Crippen LogP contribution in [0.2, 0.25) is 0 Å². The van der Waals surface area contributed by atoms with Crippen molar-refractivity contribution in [3.05, 3.63) is 56.6 Å². The van der Waals surface area contributed by atoms with Gasteiger partial charge in [0.1, 0.15) is 5.82 Å². The standard InChI is InChI=1S/C11H10BrN3O2/c1-8-13-4-5-14(8)7-9-2-3-10(12)11(6-9)15(16)17/h2-6H,7H2,1H3. The van der Waals surface area contributed by atoms with Gasteiger partial charge in [0.25, 0.3) is 5.69 Å². The van der Waals surface area contributed by atoms with E-state index in [0.717, 1.165) is 11.4 Å². The molecular weight excluding hydrogens is 286 g/mol. The van der Waals surface area contributed by atoms with Gasteiger partial charge in [0, 0.05) is 25.0 Å². The number of hydrogen-bond acceptors (Lipinski definition) is 3. The van der Waals surface area contributed by atoms with Gasteiger partial charge in [0.05, 0.1) is 9.40 Å². The first-order valence-electron chi connectivity index (χ1n) is 4.98. The number of nitro benzene ring substituents is 1. The summed E-state index contributed by atoms with van der Waals surface area (Å²) in [6.07, 6.45) is 3.56. The van der Waals surface area contributed by atoms with Crippen molar-refractivity contribution in [2.75, 3.05) is 0 Å². The maximum atomic E-state index is 10.8. The minimum Gasteiger partial charge on any atom is -0.331 e. The fourth-order valence-corrected chi connectivity index (χ4v) is 1.96. The lowest BCUT2D eigenvalue weighted by molar-refractivity contribution is -0.385. The van der Waals surface area contributed by atoms with Gasteiger partial charge in [-0.15, -0.1) is 0 Å². The second kappa shape index (κ2) is 4.67. The summed E-state index contributed by atoms with van der Waals surface area (Å²) in [5.74, 6) is 0.885. The summed E-state index contributed by atoms with van der Waals surface area (Å²) >= 11 is 3.16. The molecule has 0 fully saturated rings. The van der Waals surface area contributed by atoms with E-state index in [4.69, 9.17) is 0 Å². The van der Waals surface area contributed by atoms with Gasteiger partial charge in [-0.05, 0) is 34.5 Å². The summed E-state index contributed by atoms with van der Waals surface area (Å²) in [5, 5.41) is 10.8. The third kappa shape index (κ3) is 2.52. The summed E-state index contributed by atoms with van der Waals surface area (Å²) in [5.41, 5.74) is 0.960. The zero-order valence-electron chi connectivity index (χ0n) is 9.13. The smallest absolute Gasteiger partial charge is 0.283 e. The Balaban J connectivity index is 2.32. The number of nitrogens with zero attached hydrogens (tertiary/aromatic N) is 3. The first-order valence-corrected chi connectivity index (χ1v) is 5.78. The molecule has 0 spiro atoms. The van der Waals surface area contributed by atoms with Crippen LogP contribution < -0.4 is 0 Å². The van der Waals surface area contributed by atoms with E-state index >= 15 is 0 Å². The van der Waals surface area contributed by atoms with E-state index in [2.05, 4.69) is 20.9 Å². The van der Waals surface area contributed by atoms with Crippen molar-refractivity contribution in [1.82, 2.24) is 9.55 Å². The van der Waals surface area contributed by atoms with Gasteiger partial charge in [-0.1, -0.05) is 6.07 Å². The van der Waals surface area contributed by atoms with Crippen LogP contribution in [-0.2, 0) is 6.54 Å². The van der Waals surface area contributed by atoms with Crippen LogP contribution in [0.1, 0.15) is 11.4 Å². The Morgan fingerprint density at radius 1 is 1.53 bits per heavy atom. The number of imidazole rings is 1. The van der Waals surface area contributed by atoms with Gasteiger partial charge < -0.3 is 4.57 Å². The molecule has 5 nitrogen and oxygen atoms in total. The molecule has 0 amide bonds. The van der Waals surface area contributed by atoms with Crippen molar-refractivity contribution < 1.29 is 4.92 Å². The van der Waals surface area contributed by atoms with Crippen molar-refractivity contribution in [2.24, 2.45) is 0 Å². The van der Waals surface area contributed by atoms with E-state index in [1.165, 1.54) is 0 Å². The number of benzene rings is 1. The predicted molar refractivity (Wildman–Crippen MR) is 66.9 cm³/mol. The average molecular weight is 296 g/mol. The van der Waals surface area contributed by atoms with E-state index in [-0.39, 0.29) is 5.69 Å². The van der Waals surface area contributed by atoms with Gasteiger partial charge in [-0.25, -0.2) is 4.98 Å². The summed E-state index contributed by atoms with van der Waals surface area (Å²) in [7, 11) is 0. The Labute approximate surface area is 106 Å². The third-order valence-corrected chi connectivity index (χ3v) is 3.15. The van der Waals surface area contributed by atoms with Crippen LogP contribution in [-0.4, -0.2) is 14.5 Å². The Morgan fingerprint density at radius 3 is 2.88 bits per heavy atom. The molecular formula is C11H10BrN3O2. The lowest BCUT2D eigenvalue weighted by Gasteiger charge is -2.05. The van der Waals surface area contributed by atoms with E-state index in [0.29, 0.717) is 11.0 Å². The van der Waals surface area contributed by atoms with Crippen LogP contribution in [0.15, 0.2) is 35.1 Å². The first kappa shape index (κ1) is 11.8. The molecule has 0 aliphatic carbocycles. The topological polar surface area (TPSA) is 61.0 Å². The van der Waals surface area contributed by atoms with Gasteiger partial charge >= 0.3 is 0 Å². The molecule has 0 aliphatic heterocycles. The number of hydrogen-bond donors (Lipinski definition) is 0. The minimum atomic E-state index is -0.394. The molecule has 0 saturated heterocycles. The highest BCUT2D eigenvalue weighted by molar-refractivity contribution is 9.10. The highest BCUT2D eigenvalue weighted by atomic mass is 79.9. The lowest BCUT2D eigenvalue weighted by atomic mass is 10.2. The lowest BCUT2D eigenvalue weighted by Crippen LogP contribution is -2.01. The zero-order chi connectivity index (χ0) is 12.4. The Hall–Kier alpha value is -1.69. The van der Waals surface area contributed by atoms with E-state index in [1.54, 1.807) is 18.3 Å². The molecule has 0 radical (unpaired) electrons. The molecule has 1 aromatic carbocycles. The van der Waals surface area contributed by atoms with Crippen molar-refractivity contribution in [1.29, 1.82) is 0 Å². The maximum Gasteiger partial charge on any atom is 0.283 e. The number of halogens is 1. The van der Waals surface area contributed by atoms with Crippen LogP contribution >= 0.6 is 15.9 Å². The van der Waals surface area contributed by atoms with Gasteiger partial charge in [-0.2, -0.15) is 0 Å². The normalized spacial score (nSPS) is 10.5. The number of rotatable bonds is 3. The van der Waals surface area contributed by atoms with E-state index in [1.807, 2.05) is 23.8 Å². The summed E-state index contributed by atoms with van der Waals surface area (Å²) in [6.45, 7) is 2.48.